The van der Waals surface area contributed by atoms with Crippen LogP contribution in [-0.2, 0) is 20.8 Å². The Bertz CT molecular complexity index is 1030. The summed E-state index contributed by atoms with van der Waals surface area (Å²) in [5.74, 6) is -2.37. The Morgan fingerprint density at radius 1 is 1.06 bits per heavy atom. The number of nitrogens with zero attached hydrogens (tertiary/aromatic N) is 1. The number of amides is 4. The number of aliphatic carboxylic acids is 1. The molecule has 1 aliphatic rings. The fourth-order valence-corrected chi connectivity index (χ4v) is 3.64. The number of urea groups is 1. The average Bonchev–Trinajstić information content (AvgIpc) is 2.81. The van der Waals surface area contributed by atoms with Crippen molar-refractivity contribution in [1.82, 2.24) is 10.6 Å². The van der Waals surface area contributed by atoms with E-state index in [1.165, 1.54) is 4.90 Å². The van der Waals surface area contributed by atoms with Gasteiger partial charge in [0, 0.05) is 6.42 Å². The molecule has 0 radical (unpaired) electrons. The van der Waals surface area contributed by atoms with Crippen molar-refractivity contribution < 1.29 is 24.3 Å². The minimum absolute atomic E-state index is 0.114. The number of anilines is 2. The molecule has 0 aliphatic carbocycles. The summed E-state index contributed by atoms with van der Waals surface area (Å²) in [6, 6.07) is 13.1. The van der Waals surface area contributed by atoms with E-state index in [-0.39, 0.29) is 24.8 Å². The number of benzene rings is 2. The predicted molar refractivity (Wildman–Crippen MR) is 124 cm³/mol. The Hall–Kier alpha value is -3.88. The first-order chi connectivity index (χ1) is 15.8. The van der Waals surface area contributed by atoms with Crippen molar-refractivity contribution >= 4 is 35.2 Å². The van der Waals surface area contributed by atoms with Gasteiger partial charge in [-0.05, 0) is 23.6 Å². The molecule has 174 valence electrons. The lowest BCUT2D eigenvalue weighted by molar-refractivity contribution is -0.142. The highest BCUT2D eigenvalue weighted by Gasteiger charge is 2.33. The summed E-state index contributed by atoms with van der Waals surface area (Å²) in [6.45, 7) is 3.48. The largest absolute Gasteiger partial charge is 0.480 e. The van der Waals surface area contributed by atoms with Gasteiger partial charge in [0.15, 0.2) is 0 Å². The smallest absolute Gasteiger partial charge is 0.326 e. The van der Waals surface area contributed by atoms with Crippen LogP contribution in [0.5, 0.6) is 0 Å². The Morgan fingerprint density at radius 3 is 2.39 bits per heavy atom. The fourth-order valence-electron chi connectivity index (χ4n) is 3.64. The Morgan fingerprint density at radius 2 is 1.73 bits per heavy atom. The average molecular weight is 453 g/mol. The lowest BCUT2D eigenvalue weighted by Gasteiger charge is -2.32. The van der Waals surface area contributed by atoms with Crippen LogP contribution in [0.1, 0.15) is 25.8 Å². The molecular formula is C24H28N4O5. The molecule has 0 saturated heterocycles. The number of rotatable bonds is 8. The van der Waals surface area contributed by atoms with Crippen LogP contribution in [0.4, 0.5) is 16.2 Å². The van der Waals surface area contributed by atoms with Gasteiger partial charge in [-0.3, -0.25) is 14.5 Å². The first-order valence-electron chi connectivity index (χ1n) is 10.8. The summed E-state index contributed by atoms with van der Waals surface area (Å²) < 4.78 is 0. The van der Waals surface area contributed by atoms with Crippen molar-refractivity contribution in [3.05, 3.63) is 60.2 Å². The number of carboxylic acids is 1. The maximum Gasteiger partial charge on any atom is 0.326 e. The van der Waals surface area contributed by atoms with Crippen LogP contribution in [0.2, 0.25) is 0 Å². The molecule has 0 bridgehead atoms. The molecule has 9 heteroatoms. The van der Waals surface area contributed by atoms with Crippen molar-refractivity contribution in [2.45, 2.75) is 38.8 Å². The molecule has 2 aromatic rings. The lowest BCUT2D eigenvalue weighted by atomic mass is 9.97. The number of carboxylic acid groups (broad SMARTS) is 1. The Labute approximate surface area is 192 Å². The number of carbonyl (C=O) groups is 4. The van der Waals surface area contributed by atoms with E-state index >= 15 is 0 Å². The Balaban J connectivity index is 1.76. The van der Waals surface area contributed by atoms with Crippen molar-refractivity contribution in [3.63, 3.8) is 0 Å². The molecule has 0 unspecified atom stereocenters. The standard InChI is InChI=1S/C24H28N4O5/c1-3-15(2)21(22(30)26-18(23(31)32)13-16-9-5-4-6-10-16)27-24(33)28-14-20(29)25-17-11-7-8-12-19(17)28/h4-12,15,18,21H,3,13-14H2,1-2H3,(H,25,29)(H,26,30)(H,27,33)(H,31,32)/t15-,18-,21+/m1/s1. The van der Waals surface area contributed by atoms with Crippen molar-refractivity contribution in [1.29, 1.82) is 0 Å². The Kier molecular flexibility index (Phi) is 7.66. The van der Waals surface area contributed by atoms with Crippen molar-refractivity contribution in [3.8, 4) is 0 Å². The minimum Gasteiger partial charge on any atom is -0.480 e. The van der Waals surface area contributed by atoms with Crippen LogP contribution in [-0.4, -0.2) is 47.5 Å². The zero-order chi connectivity index (χ0) is 24.0. The van der Waals surface area contributed by atoms with Gasteiger partial charge in [-0.2, -0.15) is 0 Å². The molecule has 0 spiro atoms. The summed E-state index contributed by atoms with van der Waals surface area (Å²) in [5.41, 5.74) is 1.79. The lowest BCUT2D eigenvalue weighted by Crippen LogP contribution is -2.58. The summed E-state index contributed by atoms with van der Waals surface area (Å²) in [5, 5.41) is 17.6. The normalized spacial score (nSPS) is 15.5. The van der Waals surface area contributed by atoms with Crippen LogP contribution >= 0.6 is 0 Å². The maximum atomic E-state index is 13.1. The third-order valence-corrected chi connectivity index (χ3v) is 5.69. The van der Waals surface area contributed by atoms with E-state index in [2.05, 4.69) is 16.0 Å². The monoisotopic (exact) mass is 452 g/mol. The minimum atomic E-state index is -1.16. The molecule has 0 aromatic heterocycles. The predicted octanol–water partition coefficient (Wildman–Crippen LogP) is 2.38. The van der Waals surface area contributed by atoms with Gasteiger partial charge in [0.25, 0.3) is 0 Å². The molecule has 1 aliphatic heterocycles. The zero-order valence-corrected chi connectivity index (χ0v) is 18.6. The van der Waals surface area contributed by atoms with Gasteiger partial charge >= 0.3 is 12.0 Å². The van der Waals surface area contributed by atoms with E-state index in [1.54, 1.807) is 55.5 Å². The van der Waals surface area contributed by atoms with Gasteiger partial charge in [-0.15, -0.1) is 0 Å². The van der Waals surface area contributed by atoms with E-state index in [1.807, 2.05) is 13.0 Å². The summed E-state index contributed by atoms with van der Waals surface area (Å²) in [6.07, 6.45) is 0.689. The fraction of sp³-hybridized carbons (Fsp3) is 0.333. The van der Waals surface area contributed by atoms with Crippen LogP contribution in [0.3, 0.4) is 0 Å². The van der Waals surface area contributed by atoms with Gasteiger partial charge in [0.1, 0.15) is 18.6 Å². The van der Waals surface area contributed by atoms with Crippen molar-refractivity contribution in [2.75, 3.05) is 16.8 Å². The van der Waals surface area contributed by atoms with Gasteiger partial charge in [0.2, 0.25) is 11.8 Å². The number of hydrogen-bond donors (Lipinski definition) is 4. The number of carbonyl (C=O) groups excluding carboxylic acids is 3. The van der Waals surface area contributed by atoms with E-state index in [0.717, 1.165) is 5.56 Å². The highest BCUT2D eigenvalue weighted by molar-refractivity contribution is 6.10. The first kappa shape index (κ1) is 23.8. The van der Waals surface area contributed by atoms with Gasteiger partial charge in [-0.1, -0.05) is 62.7 Å². The summed E-state index contributed by atoms with van der Waals surface area (Å²) in [4.78, 5) is 51.3. The van der Waals surface area contributed by atoms with Gasteiger partial charge in [-0.25, -0.2) is 9.59 Å². The molecular weight excluding hydrogens is 424 g/mol. The number of nitrogens with one attached hydrogen (secondary N) is 3. The maximum absolute atomic E-state index is 13.1. The number of hydrogen-bond acceptors (Lipinski definition) is 4. The molecule has 4 N–H and O–H groups in total. The van der Waals surface area contributed by atoms with Gasteiger partial charge in [0.05, 0.1) is 11.4 Å². The molecule has 0 fully saturated rings. The highest BCUT2D eigenvalue weighted by atomic mass is 16.4. The molecule has 9 nitrogen and oxygen atoms in total. The SMILES string of the molecule is CC[C@@H](C)[C@H](NC(=O)N1CC(=O)Nc2ccccc21)C(=O)N[C@H](Cc1ccccc1)C(=O)O. The second-order valence-electron chi connectivity index (χ2n) is 8.05. The van der Waals surface area contributed by atoms with Crippen LogP contribution in [0.15, 0.2) is 54.6 Å². The summed E-state index contributed by atoms with van der Waals surface area (Å²) >= 11 is 0. The second kappa shape index (κ2) is 10.6. The number of fused-ring (bicyclic) bond motifs is 1. The first-order valence-corrected chi connectivity index (χ1v) is 10.8. The van der Waals surface area contributed by atoms with E-state index in [0.29, 0.717) is 17.8 Å². The van der Waals surface area contributed by atoms with E-state index in [4.69, 9.17) is 0 Å². The third kappa shape index (κ3) is 5.88. The van der Waals surface area contributed by atoms with E-state index in [9.17, 15) is 24.3 Å². The summed E-state index contributed by atoms with van der Waals surface area (Å²) in [7, 11) is 0. The third-order valence-electron chi connectivity index (χ3n) is 5.69. The quantitative estimate of drug-likeness (QED) is 0.489. The second-order valence-corrected chi connectivity index (χ2v) is 8.05. The molecule has 3 atom stereocenters. The van der Waals surface area contributed by atoms with Crippen LogP contribution in [0.25, 0.3) is 0 Å². The van der Waals surface area contributed by atoms with Gasteiger partial charge < -0.3 is 21.1 Å². The molecule has 3 rings (SSSR count). The topological polar surface area (TPSA) is 128 Å². The zero-order valence-electron chi connectivity index (χ0n) is 18.6. The van der Waals surface area contributed by atoms with Crippen LogP contribution < -0.4 is 20.9 Å². The molecule has 4 amide bonds. The molecule has 33 heavy (non-hydrogen) atoms. The van der Waals surface area contributed by atoms with Crippen LogP contribution in [0, 0.1) is 5.92 Å². The molecule has 1 heterocycles. The van der Waals surface area contributed by atoms with Crippen molar-refractivity contribution in [2.24, 2.45) is 5.92 Å². The molecule has 0 saturated carbocycles. The number of para-hydroxylation sites is 2. The highest BCUT2D eigenvalue weighted by Crippen LogP contribution is 2.29. The van der Waals surface area contributed by atoms with E-state index < -0.39 is 30.0 Å². The molecule has 2 aromatic carbocycles.